The van der Waals surface area contributed by atoms with Gasteiger partial charge < -0.3 is 19.7 Å². The van der Waals surface area contributed by atoms with Crippen LogP contribution in [0.1, 0.15) is 36.7 Å². The van der Waals surface area contributed by atoms with Gasteiger partial charge in [0.1, 0.15) is 12.1 Å². The topological polar surface area (TPSA) is 84.9 Å². The highest BCUT2D eigenvalue weighted by molar-refractivity contribution is 5.90. The van der Waals surface area contributed by atoms with Crippen molar-refractivity contribution in [1.82, 2.24) is 10.2 Å². The van der Waals surface area contributed by atoms with Crippen LogP contribution < -0.4 is 5.32 Å². The van der Waals surface area contributed by atoms with Crippen molar-refractivity contribution in [2.45, 2.75) is 32.9 Å². The maximum Gasteiger partial charge on any atom is 0.408 e. The third-order valence-corrected chi connectivity index (χ3v) is 4.19. The number of amides is 2. The summed E-state index contributed by atoms with van der Waals surface area (Å²) < 4.78 is 9.85. The molecule has 2 rings (SSSR count). The first-order chi connectivity index (χ1) is 14.1. The fourth-order valence-electron chi connectivity index (χ4n) is 2.72. The van der Waals surface area contributed by atoms with Gasteiger partial charge in [-0.3, -0.25) is 4.79 Å². The van der Waals surface area contributed by atoms with Gasteiger partial charge in [0.2, 0.25) is 5.91 Å². The van der Waals surface area contributed by atoms with E-state index in [1.165, 1.54) is 12.0 Å². The Labute approximate surface area is 177 Å². The van der Waals surface area contributed by atoms with Gasteiger partial charge >= 0.3 is 12.1 Å². The molecular weight excluding hydrogens is 384 g/mol. The van der Waals surface area contributed by atoms with E-state index in [2.05, 4.69) is 5.32 Å². The molecule has 0 aliphatic rings. The molecule has 0 bridgehead atoms. The third kappa shape index (κ3) is 6.92. The highest BCUT2D eigenvalue weighted by atomic mass is 16.6. The molecule has 1 N–H and O–H groups in total. The van der Waals surface area contributed by atoms with Gasteiger partial charge in [-0.25, -0.2) is 9.59 Å². The van der Waals surface area contributed by atoms with Gasteiger partial charge in [-0.2, -0.15) is 0 Å². The molecule has 0 aliphatic heterocycles. The number of hydrogen-bond donors (Lipinski definition) is 1. The lowest BCUT2D eigenvalue weighted by atomic mass is 10.0. The van der Waals surface area contributed by atoms with Crippen molar-refractivity contribution < 1.29 is 23.9 Å². The predicted octanol–water partition coefficient (Wildman–Crippen LogP) is 3.62. The first-order valence-corrected chi connectivity index (χ1v) is 9.57. The number of ether oxygens (including phenoxy) is 2. The van der Waals surface area contributed by atoms with E-state index in [0.29, 0.717) is 12.1 Å². The van der Waals surface area contributed by atoms with Crippen LogP contribution in [0.4, 0.5) is 4.79 Å². The van der Waals surface area contributed by atoms with Crippen LogP contribution in [0.25, 0.3) is 11.1 Å². The van der Waals surface area contributed by atoms with E-state index >= 15 is 0 Å². The van der Waals surface area contributed by atoms with Crippen molar-refractivity contribution in [2.75, 3.05) is 20.7 Å². The number of nitrogens with zero attached hydrogens (tertiary/aromatic N) is 1. The normalized spacial score (nSPS) is 10.8. The van der Waals surface area contributed by atoms with Crippen molar-refractivity contribution >= 4 is 18.0 Å². The quantitative estimate of drug-likeness (QED) is 0.733. The predicted molar refractivity (Wildman–Crippen MR) is 114 cm³/mol. The molecular formula is C23H28N2O5. The Kier molecular flexibility index (Phi) is 7.58. The molecule has 7 nitrogen and oxygen atoms in total. The Morgan fingerprint density at radius 1 is 1.00 bits per heavy atom. The molecule has 0 unspecified atom stereocenters. The van der Waals surface area contributed by atoms with Crippen molar-refractivity contribution in [3.8, 4) is 11.1 Å². The number of carbonyl (C=O) groups excluding carboxylic acids is 3. The fraction of sp³-hybridized carbons (Fsp3) is 0.348. The maximum absolute atomic E-state index is 12.3. The number of methoxy groups -OCH3 is 1. The van der Waals surface area contributed by atoms with Gasteiger partial charge in [-0.15, -0.1) is 0 Å². The summed E-state index contributed by atoms with van der Waals surface area (Å²) >= 11 is 0. The SMILES string of the molecule is COC(=O)c1ccc(-c2cccc(CN(C)C(=O)CNC(=O)OC(C)(C)C)c2)cc1. The average Bonchev–Trinajstić information content (AvgIpc) is 2.70. The number of benzene rings is 2. The van der Waals surface area contributed by atoms with Crippen LogP contribution in [-0.4, -0.2) is 49.2 Å². The summed E-state index contributed by atoms with van der Waals surface area (Å²) in [5, 5.41) is 2.47. The van der Waals surface area contributed by atoms with Crippen molar-refractivity contribution in [2.24, 2.45) is 0 Å². The summed E-state index contributed by atoms with van der Waals surface area (Å²) in [6.07, 6.45) is -0.623. The summed E-state index contributed by atoms with van der Waals surface area (Å²) in [6, 6.07) is 14.9. The number of carbonyl (C=O) groups is 3. The summed E-state index contributed by atoms with van der Waals surface area (Å²) in [4.78, 5) is 37.1. The van der Waals surface area contributed by atoms with Crippen molar-refractivity contribution in [3.05, 3.63) is 59.7 Å². The van der Waals surface area contributed by atoms with Gasteiger partial charge in [0.05, 0.1) is 12.7 Å². The molecule has 0 saturated heterocycles. The van der Waals surface area contributed by atoms with E-state index in [4.69, 9.17) is 9.47 Å². The summed E-state index contributed by atoms with van der Waals surface area (Å²) in [5.74, 6) is -0.607. The summed E-state index contributed by atoms with van der Waals surface area (Å²) in [7, 11) is 3.03. The third-order valence-electron chi connectivity index (χ3n) is 4.19. The summed E-state index contributed by atoms with van der Waals surface area (Å²) in [5.41, 5.74) is 2.73. The Morgan fingerprint density at radius 2 is 1.67 bits per heavy atom. The highest BCUT2D eigenvalue weighted by Crippen LogP contribution is 2.22. The molecule has 0 aromatic heterocycles. The van der Waals surface area contributed by atoms with E-state index in [0.717, 1.165) is 16.7 Å². The van der Waals surface area contributed by atoms with Crippen LogP contribution in [0.15, 0.2) is 48.5 Å². The molecule has 7 heteroatoms. The lowest BCUT2D eigenvalue weighted by Gasteiger charge is -2.21. The number of rotatable bonds is 6. The van der Waals surface area contributed by atoms with Crippen LogP contribution >= 0.6 is 0 Å². The largest absolute Gasteiger partial charge is 0.465 e. The zero-order valence-corrected chi connectivity index (χ0v) is 18.0. The molecule has 0 heterocycles. The van der Waals surface area contributed by atoms with Crippen molar-refractivity contribution in [3.63, 3.8) is 0 Å². The van der Waals surface area contributed by atoms with Crippen LogP contribution in [-0.2, 0) is 20.8 Å². The van der Waals surface area contributed by atoms with E-state index in [1.807, 2.05) is 36.4 Å². The molecule has 2 aromatic rings. The first-order valence-electron chi connectivity index (χ1n) is 9.57. The average molecular weight is 412 g/mol. The Balaban J connectivity index is 1.98. The second-order valence-corrected chi connectivity index (χ2v) is 7.87. The molecule has 30 heavy (non-hydrogen) atoms. The van der Waals surface area contributed by atoms with Gasteiger partial charge in [0, 0.05) is 13.6 Å². The number of hydrogen-bond acceptors (Lipinski definition) is 5. The molecule has 0 atom stereocenters. The van der Waals surface area contributed by atoms with Gasteiger partial charge in [0.15, 0.2) is 0 Å². The zero-order chi connectivity index (χ0) is 22.3. The number of alkyl carbamates (subject to hydrolysis) is 1. The maximum atomic E-state index is 12.3. The molecule has 0 spiro atoms. The van der Waals surface area contributed by atoms with Crippen LogP contribution in [0.5, 0.6) is 0 Å². The summed E-state index contributed by atoms with van der Waals surface area (Å²) in [6.45, 7) is 5.53. The Bertz CT molecular complexity index is 901. The van der Waals surface area contributed by atoms with Crippen LogP contribution in [0.2, 0.25) is 0 Å². The van der Waals surface area contributed by atoms with E-state index in [9.17, 15) is 14.4 Å². The minimum atomic E-state index is -0.623. The zero-order valence-electron chi connectivity index (χ0n) is 18.0. The molecule has 2 amide bonds. The minimum absolute atomic E-state index is 0.139. The number of esters is 1. The fourth-order valence-corrected chi connectivity index (χ4v) is 2.72. The van der Waals surface area contributed by atoms with Gasteiger partial charge in [0.25, 0.3) is 0 Å². The van der Waals surface area contributed by atoms with Gasteiger partial charge in [-0.1, -0.05) is 30.3 Å². The monoisotopic (exact) mass is 412 g/mol. The molecule has 160 valence electrons. The lowest BCUT2D eigenvalue weighted by molar-refractivity contribution is -0.129. The molecule has 2 aromatic carbocycles. The molecule has 0 aliphatic carbocycles. The Morgan fingerprint density at radius 3 is 2.27 bits per heavy atom. The molecule has 0 fully saturated rings. The van der Waals surface area contributed by atoms with Gasteiger partial charge in [-0.05, 0) is 55.7 Å². The highest BCUT2D eigenvalue weighted by Gasteiger charge is 2.17. The Hall–Kier alpha value is -3.35. The number of nitrogens with one attached hydrogen (secondary N) is 1. The van der Waals surface area contributed by atoms with Crippen molar-refractivity contribution in [1.29, 1.82) is 0 Å². The second-order valence-electron chi connectivity index (χ2n) is 7.87. The minimum Gasteiger partial charge on any atom is -0.465 e. The van der Waals surface area contributed by atoms with E-state index in [1.54, 1.807) is 40.0 Å². The molecule has 0 radical (unpaired) electrons. The van der Waals surface area contributed by atoms with Crippen LogP contribution in [0, 0.1) is 0 Å². The smallest absolute Gasteiger partial charge is 0.408 e. The molecule has 0 saturated carbocycles. The standard InChI is InChI=1S/C23H28N2O5/c1-23(2,3)30-22(28)24-14-20(26)25(4)15-16-7-6-8-19(13-16)17-9-11-18(12-10-17)21(27)29-5/h6-13H,14-15H2,1-5H3,(H,24,28). The van der Waals surface area contributed by atoms with E-state index < -0.39 is 11.7 Å². The second kappa shape index (κ2) is 9.91. The van der Waals surface area contributed by atoms with E-state index in [-0.39, 0.29) is 18.4 Å². The lowest BCUT2D eigenvalue weighted by Crippen LogP contribution is -2.40. The number of likely N-dealkylation sites (N-methyl/N-ethyl adjacent to an activating group) is 1. The first kappa shape index (κ1) is 22.9. The van der Waals surface area contributed by atoms with Crippen LogP contribution in [0.3, 0.4) is 0 Å².